The molecule has 0 aromatic heterocycles. The summed E-state index contributed by atoms with van der Waals surface area (Å²) in [6, 6.07) is 3.55. The Kier molecular flexibility index (Phi) is 10.4. The molecule has 13 heteroatoms. The highest BCUT2D eigenvalue weighted by molar-refractivity contribution is 14.1. The van der Waals surface area contributed by atoms with Gasteiger partial charge in [0.25, 0.3) is 0 Å². The maximum absolute atomic E-state index is 12.6. The molecule has 0 saturated heterocycles. The molecule has 0 N–H and O–H groups in total. The number of esters is 2. The predicted molar refractivity (Wildman–Crippen MR) is 111 cm³/mol. The molecular formula is C15H10F2I3O8-. The van der Waals surface area contributed by atoms with Crippen LogP contribution in [0.3, 0.4) is 0 Å². The molecule has 28 heavy (non-hydrogen) atoms. The molecule has 0 aliphatic rings. The Morgan fingerprint density at radius 3 is 2.04 bits per heavy atom. The van der Waals surface area contributed by atoms with Crippen LogP contribution >= 0.6 is 67.8 Å². The van der Waals surface area contributed by atoms with Crippen molar-refractivity contribution in [3.05, 3.63) is 22.8 Å². The summed E-state index contributed by atoms with van der Waals surface area (Å²) < 4.78 is 40.6. The lowest BCUT2D eigenvalue weighted by Crippen LogP contribution is -2.44. The summed E-state index contributed by atoms with van der Waals surface area (Å²) in [4.78, 5) is 45.0. The van der Waals surface area contributed by atoms with Crippen molar-refractivity contribution in [2.75, 3.05) is 13.2 Å². The van der Waals surface area contributed by atoms with Gasteiger partial charge in [-0.2, -0.15) is 8.78 Å². The zero-order valence-electron chi connectivity index (χ0n) is 13.6. The molecule has 1 rings (SSSR count). The lowest BCUT2D eigenvalue weighted by Gasteiger charge is -2.16. The van der Waals surface area contributed by atoms with E-state index in [1.807, 2.05) is 45.2 Å². The van der Waals surface area contributed by atoms with Crippen molar-refractivity contribution in [3.8, 4) is 5.75 Å². The summed E-state index contributed by atoms with van der Waals surface area (Å²) in [6.45, 7) is -1.63. The average Bonchev–Trinajstić information content (AvgIpc) is 2.54. The molecule has 0 radical (unpaired) electrons. The third-order valence-corrected chi connectivity index (χ3v) is 4.95. The van der Waals surface area contributed by atoms with E-state index in [-0.39, 0.29) is 0 Å². The van der Waals surface area contributed by atoms with Crippen LogP contribution in [0, 0.1) is 10.7 Å². The Labute approximate surface area is 198 Å². The lowest BCUT2D eigenvalue weighted by molar-refractivity contribution is -0.363. The number of carbonyl (C=O) groups is 4. The van der Waals surface area contributed by atoms with Gasteiger partial charge in [0, 0.05) is 3.57 Å². The SMILES string of the molecule is O=C(CC(=O)OCCOC(F)(F)C(=O)[O-])CC(=O)Oc1c(I)cc(I)cc1I. The van der Waals surface area contributed by atoms with Crippen molar-refractivity contribution in [1.29, 1.82) is 0 Å². The van der Waals surface area contributed by atoms with Gasteiger partial charge in [0.2, 0.25) is 0 Å². The molecular weight excluding hydrogens is 727 g/mol. The van der Waals surface area contributed by atoms with E-state index >= 15 is 0 Å². The molecule has 0 unspecified atom stereocenters. The van der Waals surface area contributed by atoms with Crippen LogP contribution in [0.5, 0.6) is 5.75 Å². The number of ether oxygens (including phenoxy) is 3. The largest absolute Gasteiger partial charge is 0.542 e. The zero-order valence-corrected chi connectivity index (χ0v) is 20.1. The van der Waals surface area contributed by atoms with Gasteiger partial charge in [-0.1, -0.05) is 0 Å². The second kappa shape index (κ2) is 11.5. The topological polar surface area (TPSA) is 119 Å². The molecule has 0 atom stereocenters. The van der Waals surface area contributed by atoms with E-state index in [1.54, 1.807) is 12.1 Å². The Morgan fingerprint density at radius 2 is 1.50 bits per heavy atom. The van der Waals surface area contributed by atoms with E-state index in [2.05, 4.69) is 32.1 Å². The van der Waals surface area contributed by atoms with Gasteiger partial charge in [-0.3, -0.25) is 14.4 Å². The molecule has 0 bridgehead atoms. The number of alkyl halides is 2. The van der Waals surface area contributed by atoms with Crippen molar-refractivity contribution in [3.63, 3.8) is 0 Å². The van der Waals surface area contributed by atoms with E-state index in [4.69, 9.17) is 4.74 Å². The van der Waals surface area contributed by atoms with Crippen LogP contribution in [-0.2, 0) is 28.7 Å². The highest BCUT2D eigenvalue weighted by atomic mass is 127. The van der Waals surface area contributed by atoms with Crippen molar-refractivity contribution >= 4 is 91.5 Å². The summed E-state index contributed by atoms with van der Waals surface area (Å²) in [5.74, 6) is -5.19. The van der Waals surface area contributed by atoms with Crippen molar-refractivity contribution in [2.45, 2.75) is 19.0 Å². The highest BCUT2D eigenvalue weighted by Crippen LogP contribution is 2.29. The number of halogens is 5. The van der Waals surface area contributed by atoms with Crippen LogP contribution in [0.25, 0.3) is 0 Å². The van der Waals surface area contributed by atoms with Crippen LogP contribution < -0.4 is 9.84 Å². The van der Waals surface area contributed by atoms with E-state index in [0.717, 1.165) is 3.57 Å². The van der Waals surface area contributed by atoms with Crippen molar-refractivity contribution in [2.24, 2.45) is 0 Å². The number of rotatable bonds is 10. The van der Waals surface area contributed by atoms with Crippen molar-refractivity contribution < 1.29 is 47.3 Å². The second-order valence-corrected chi connectivity index (χ2v) is 8.51. The minimum atomic E-state index is -4.52. The minimum Gasteiger partial charge on any atom is -0.542 e. The van der Waals surface area contributed by atoms with E-state index in [1.165, 1.54) is 0 Å². The quantitative estimate of drug-likeness (QED) is 0.117. The number of hydrogen-bond donors (Lipinski definition) is 0. The third kappa shape index (κ3) is 8.76. The smallest absolute Gasteiger partial charge is 0.397 e. The lowest BCUT2D eigenvalue weighted by atomic mass is 10.2. The van der Waals surface area contributed by atoms with Crippen LogP contribution in [0.1, 0.15) is 12.8 Å². The second-order valence-electron chi connectivity index (χ2n) is 4.94. The molecule has 0 saturated carbocycles. The summed E-state index contributed by atoms with van der Waals surface area (Å²) in [6.07, 6.45) is -5.99. The number of hydrogen-bond acceptors (Lipinski definition) is 8. The number of benzene rings is 1. The first-order chi connectivity index (χ1) is 12.9. The number of aliphatic carboxylic acids is 1. The number of Topliss-reactive ketones (excluding diaryl/α,β-unsaturated/α-hetero) is 1. The average molecular weight is 737 g/mol. The van der Waals surface area contributed by atoms with Gasteiger partial charge in [-0.15, -0.1) is 0 Å². The van der Waals surface area contributed by atoms with Gasteiger partial charge in [0.1, 0.15) is 25.4 Å². The van der Waals surface area contributed by atoms with Gasteiger partial charge in [0.05, 0.1) is 13.7 Å². The molecule has 1 aromatic rings. The maximum Gasteiger partial charge on any atom is 0.397 e. The van der Waals surface area contributed by atoms with Crippen LogP contribution in [0.15, 0.2) is 12.1 Å². The van der Waals surface area contributed by atoms with Crippen LogP contribution in [-0.4, -0.2) is 43.0 Å². The molecule has 0 aliphatic carbocycles. The van der Waals surface area contributed by atoms with E-state index in [0.29, 0.717) is 12.9 Å². The summed E-state index contributed by atoms with van der Waals surface area (Å²) in [5.41, 5.74) is 0. The van der Waals surface area contributed by atoms with Gasteiger partial charge in [-0.05, 0) is 79.9 Å². The molecule has 8 nitrogen and oxygen atoms in total. The minimum absolute atomic E-state index is 0.299. The van der Waals surface area contributed by atoms with E-state index < -0.39 is 55.9 Å². The first-order valence-electron chi connectivity index (χ1n) is 7.18. The summed E-state index contributed by atoms with van der Waals surface area (Å²) in [5, 5.41) is 10.0. The first kappa shape index (κ1) is 25.3. The molecule has 0 aliphatic heterocycles. The van der Waals surface area contributed by atoms with Gasteiger partial charge in [0.15, 0.2) is 11.5 Å². The third-order valence-electron chi connectivity index (χ3n) is 2.73. The fourth-order valence-electron chi connectivity index (χ4n) is 1.60. The Balaban J connectivity index is 2.40. The summed E-state index contributed by atoms with van der Waals surface area (Å²) in [7, 11) is 0. The predicted octanol–water partition coefficient (Wildman–Crippen LogP) is 1.66. The number of carboxylic acid groups (broad SMARTS) is 1. The standard InChI is InChI=1S/C15H11F2I3O8/c16-15(17,14(24)25)27-2-1-26-11(22)5-8(21)6-12(23)28-13-9(19)3-7(18)4-10(13)20/h3-4H,1-2,5-6H2,(H,24,25)/p-1. The van der Waals surface area contributed by atoms with Crippen LogP contribution in [0.4, 0.5) is 8.78 Å². The summed E-state index contributed by atoms with van der Waals surface area (Å²) >= 11 is 6.05. The molecule has 0 heterocycles. The van der Waals surface area contributed by atoms with Crippen molar-refractivity contribution in [1.82, 2.24) is 0 Å². The molecule has 0 fully saturated rings. The number of ketones is 1. The number of carboxylic acids is 1. The fourth-order valence-corrected chi connectivity index (χ4v) is 5.40. The Hall–Kier alpha value is -0.690. The van der Waals surface area contributed by atoms with Gasteiger partial charge >= 0.3 is 18.0 Å². The molecule has 154 valence electrons. The Morgan fingerprint density at radius 1 is 0.964 bits per heavy atom. The maximum atomic E-state index is 12.6. The molecule has 0 spiro atoms. The van der Waals surface area contributed by atoms with Gasteiger partial charge in [-0.25, -0.2) is 0 Å². The van der Waals surface area contributed by atoms with Gasteiger partial charge < -0.3 is 24.1 Å². The van der Waals surface area contributed by atoms with Crippen LogP contribution in [0.2, 0.25) is 0 Å². The Bertz CT molecular complexity index is 762. The number of carbonyl (C=O) groups excluding carboxylic acids is 4. The van der Waals surface area contributed by atoms with E-state index in [9.17, 15) is 33.1 Å². The first-order valence-corrected chi connectivity index (χ1v) is 10.4. The monoisotopic (exact) mass is 737 g/mol. The fraction of sp³-hybridized carbons (Fsp3) is 0.333. The molecule has 1 aromatic carbocycles. The normalized spacial score (nSPS) is 11.0. The zero-order chi connectivity index (χ0) is 21.5. The highest BCUT2D eigenvalue weighted by Gasteiger charge is 2.32. The molecule has 0 amide bonds.